The third kappa shape index (κ3) is 4.98. The van der Waals surface area contributed by atoms with Crippen LogP contribution in [0.4, 0.5) is 5.13 Å². The Morgan fingerprint density at radius 2 is 1.75 bits per heavy atom. The highest BCUT2D eigenvalue weighted by molar-refractivity contribution is 8.06. The highest BCUT2D eigenvalue weighted by Gasteiger charge is 2.30. The zero-order valence-corrected chi connectivity index (χ0v) is 13.6. The van der Waals surface area contributed by atoms with E-state index in [0.29, 0.717) is 5.13 Å². The molecule has 11 heteroatoms. The van der Waals surface area contributed by atoms with Crippen molar-refractivity contribution in [3.63, 3.8) is 0 Å². The first kappa shape index (κ1) is 15.5. The minimum atomic E-state index is -1.65. The molecule has 0 bridgehead atoms. The van der Waals surface area contributed by atoms with Crippen molar-refractivity contribution in [2.45, 2.75) is 6.92 Å². The van der Waals surface area contributed by atoms with Gasteiger partial charge in [-0.25, -0.2) is 0 Å². The summed E-state index contributed by atoms with van der Waals surface area (Å²) in [6.45, 7) is 0. The van der Waals surface area contributed by atoms with Gasteiger partial charge in [0.15, 0.2) is 5.82 Å². The molecule has 0 aliphatic heterocycles. The van der Waals surface area contributed by atoms with Crippen LogP contribution in [0.2, 0.25) is 0 Å². The molecule has 0 saturated carbocycles. The summed E-state index contributed by atoms with van der Waals surface area (Å²) in [6, 6.07) is 0. The molecule has 0 N–H and O–H groups in total. The summed E-state index contributed by atoms with van der Waals surface area (Å²) in [5.41, 5.74) is 0. The average molecular weight is 382 g/mol. The van der Waals surface area contributed by atoms with Crippen LogP contribution in [-0.2, 0) is 3.79 Å². The lowest BCUT2D eigenvalue weighted by Crippen LogP contribution is -2.13. The van der Waals surface area contributed by atoms with Gasteiger partial charge in [-0.3, -0.25) is 4.31 Å². The number of nitrogens with zero attached hydrogens (tertiary/aromatic N) is 3. The molecule has 0 aromatic carbocycles. The van der Waals surface area contributed by atoms with Gasteiger partial charge in [-0.2, -0.15) is 9.36 Å². The second kappa shape index (κ2) is 5.61. The lowest BCUT2D eigenvalue weighted by atomic mass is 10.7. The Hall–Kier alpha value is 1.45. The van der Waals surface area contributed by atoms with Gasteiger partial charge in [-0.1, -0.05) is 69.6 Å². The van der Waals surface area contributed by atoms with E-state index in [0.717, 1.165) is 23.5 Å². The molecule has 0 unspecified atom stereocenters. The van der Waals surface area contributed by atoms with Crippen molar-refractivity contribution in [3.8, 4) is 0 Å². The predicted molar refractivity (Wildman–Crippen MR) is 75.4 cm³/mol. The van der Waals surface area contributed by atoms with E-state index in [1.165, 1.54) is 4.31 Å². The number of anilines is 1. The number of hydrogen-bond donors (Lipinski definition) is 0. The molecule has 0 spiro atoms. The summed E-state index contributed by atoms with van der Waals surface area (Å²) in [5, 5.41) is 0.470. The fourth-order valence-corrected chi connectivity index (χ4v) is 3.22. The molecule has 0 aliphatic carbocycles. The van der Waals surface area contributed by atoms with E-state index in [2.05, 4.69) is 9.36 Å². The molecule has 0 aliphatic rings. The smallest absolute Gasteiger partial charge is 0.256 e. The Morgan fingerprint density at radius 1 is 1.19 bits per heavy atom. The van der Waals surface area contributed by atoms with Crippen LogP contribution in [0.3, 0.4) is 0 Å². The zero-order chi connectivity index (χ0) is 12.6. The van der Waals surface area contributed by atoms with Gasteiger partial charge >= 0.3 is 0 Å². The Bertz CT molecular complexity index is 358. The summed E-state index contributed by atoms with van der Waals surface area (Å²) < 4.78 is 2.28. The standard InChI is InChI=1S/C5H3Cl6N3S2/c1-14(16-5(9,10)11)3-12-2(13-15-3)4(6,7)8/h1H3. The maximum atomic E-state index is 5.62. The largest absolute Gasteiger partial charge is 0.290 e. The Labute approximate surface area is 131 Å². The molecular formula is C5H3Cl6N3S2. The second-order valence-corrected chi connectivity index (χ2v) is 9.74. The van der Waals surface area contributed by atoms with E-state index in [1.54, 1.807) is 7.05 Å². The molecule has 0 amide bonds. The quantitative estimate of drug-likeness (QED) is 0.544. The maximum Gasteiger partial charge on any atom is 0.256 e. The second-order valence-electron chi connectivity index (χ2n) is 2.43. The van der Waals surface area contributed by atoms with Gasteiger partial charge in [0.25, 0.3) is 6.92 Å². The van der Waals surface area contributed by atoms with Gasteiger partial charge in [-0.05, 0) is 0 Å². The minimum Gasteiger partial charge on any atom is -0.290 e. The third-order valence-corrected chi connectivity index (χ3v) is 3.87. The SMILES string of the molecule is CN(SC(Cl)(Cl)Cl)c1nc(C(Cl)(Cl)Cl)ns1. The molecule has 1 heterocycles. The average Bonchev–Trinajstić information content (AvgIpc) is 2.46. The first-order valence-electron chi connectivity index (χ1n) is 3.50. The van der Waals surface area contributed by atoms with E-state index in [4.69, 9.17) is 69.6 Å². The molecule has 1 rings (SSSR count). The first-order valence-corrected chi connectivity index (χ1v) is 7.31. The fraction of sp³-hybridized carbons (Fsp3) is 0.600. The van der Waals surface area contributed by atoms with Crippen molar-refractivity contribution in [1.82, 2.24) is 9.36 Å². The lowest BCUT2D eigenvalue weighted by Gasteiger charge is -2.18. The van der Waals surface area contributed by atoms with Gasteiger partial charge in [0.1, 0.15) is 0 Å². The summed E-state index contributed by atoms with van der Waals surface area (Å²) in [4.78, 5) is 4.01. The molecule has 0 atom stereocenters. The summed E-state index contributed by atoms with van der Waals surface area (Å²) in [5.74, 6) is 0.0919. The van der Waals surface area contributed by atoms with Crippen molar-refractivity contribution in [3.05, 3.63) is 5.82 Å². The highest BCUT2D eigenvalue weighted by Crippen LogP contribution is 2.43. The molecule has 3 nitrogen and oxygen atoms in total. The molecule has 0 saturated heterocycles. The molecule has 1 aromatic rings. The molecule has 0 radical (unpaired) electrons. The van der Waals surface area contributed by atoms with Gasteiger partial charge in [0, 0.05) is 30.5 Å². The lowest BCUT2D eigenvalue weighted by molar-refractivity contribution is 1.04. The fourth-order valence-electron chi connectivity index (χ4n) is 0.653. The molecule has 1 aromatic heterocycles. The number of rotatable bonds is 2. The topological polar surface area (TPSA) is 29.0 Å². The van der Waals surface area contributed by atoms with E-state index in [-0.39, 0.29) is 5.82 Å². The molecular weight excluding hydrogens is 379 g/mol. The van der Waals surface area contributed by atoms with E-state index >= 15 is 0 Å². The normalized spacial score (nSPS) is 12.9. The summed E-state index contributed by atoms with van der Waals surface area (Å²) >= 11 is 35.7. The number of aromatic nitrogens is 2. The van der Waals surface area contributed by atoms with Crippen LogP contribution in [0.15, 0.2) is 0 Å². The van der Waals surface area contributed by atoms with Gasteiger partial charge in [-0.15, -0.1) is 0 Å². The van der Waals surface area contributed by atoms with Crippen LogP contribution in [0.1, 0.15) is 5.82 Å². The van der Waals surface area contributed by atoms with Crippen molar-refractivity contribution in [2.24, 2.45) is 0 Å². The van der Waals surface area contributed by atoms with E-state index in [1.807, 2.05) is 0 Å². The van der Waals surface area contributed by atoms with Crippen molar-refractivity contribution < 1.29 is 0 Å². The Kier molecular flexibility index (Phi) is 5.44. The number of hydrogen-bond acceptors (Lipinski definition) is 5. The molecule has 16 heavy (non-hydrogen) atoms. The van der Waals surface area contributed by atoms with Crippen LogP contribution < -0.4 is 4.31 Å². The van der Waals surface area contributed by atoms with E-state index in [9.17, 15) is 0 Å². The zero-order valence-electron chi connectivity index (χ0n) is 7.43. The van der Waals surface area contributed by atoms with Crippen LogP contribution in [0, 0.1) is 0 Å². The summed E-state index contributed by atoms with van der Waals surface area (Å²) in [6.07, 6.45) is 0. The monoisotopic (exact) mass is 379 g/mol. The predicted octanol–water partition coefficient (Wildman–Crippen LogP) is 4.78. The number of alkyl halides is 6. The highest BCUT2D eigenvalue weighted by atomic mass is 35.6. The summed E-state index contributed by atoms with van der Waals surface area (Å²) in [7, 11) is 1.66. The third-order valence-electron chi connectivity index (χ3n) is 1.18. The van der Waals surface area contributed by atoms with E-state index < -0.39 is 6.92 Å². The van der Waals surface area contributed by atoms with Crippen LogP contribution in [-0.4, -0.2) is 19.5 Å². The van der Waals surface area contributed by atoms with Gasteiger partial charge in [0.05, 0.1) is 0 Å². The van der Waals surface area contributed by atoms with Crippen molar-refractivity contribution in [1.29, 1.82) is 0 Å². The Morgan fingerprint density at radius 3 is 2.12 bits per heavy atom. The maximum absolute atomic E-state index is 5.62. The Balaban J connectivity index is 2.79. The first-order chi connectivity index (χ1) is 7.09. The van der Waals surface area contributed by atoms with Crippen molar-refractivity contribution >= 4 is 98.2 Å². The van der Waals surface area contributed by atoms with Crippen LogP contribution in [0.25, 0.3) is 0 Å². The molecule has 0 fully saturated rings. The van der Waals surface area contributed by atoms with Gasteiger partial charge < -0.3 is 0 Å². The minimum absolute atomic E-state index is 0.0919. The van der Waals surface area contributed by atoms with Crippen LogP contribution >= 0.6 is 93.1 Å². The molecule has 92 valence electrons. The number of halogens is 6. The van der Waals surface area contributed by atoms with Crippen molar-refractivity contribution in [2.75, 3.05) is 11.4 Å². The van der Waals surface area contributed by atoms with Crippen LogP contribution in [0.5, 0.6) is 0 Å². The van der Waals surface area contributed by atoms with Gasteiger partial charge in [0.2, 0.25) is 5.13 Å².